The molecule has 12 heteroatoms. The number of aromatic nitrogens is 2. The smallest absolute Gasteiger partial charge is 0.319 e. The number of nitrogens with one attached hydrogen (secondary N) is 2. The molecule has 4 aromatic rings. The summed E-state index contributed by atoms with van der Waals surface area (Å²) in [6, 6.07) is 11.7. The van der Waals surface area contributed by atoms with E-state index < -0.39 is 5.82 Å². The van der Waals surface area contributed by atoms with Crippen molar-refractivity contribution in [3.05, 3.63) is 66.2 Å². The summed E-state index contributed by atoms with van der Waals surface area (Å²) in [5.74, 6) is -0.184. The van der Waals surface area contributed by atoms with Crippen molar-refractivity contribution in [2.45, 2.75) is 33.2 Å². The molecule has 5 rings (SSSR count). The van der Waals surface area contributed by atoms with Gasteiger partial charge in [0.1, 0.15) is 5.75 Å². The number of benzene rings is 1. The minimum absolute atomic E-state index is 0.0503. The number of pyridine rings is 2. The van der Waals surface area contributed by atoms with Crippen LogP contribution in [0.1, 0.15) is 32.3 Å². The minimum atomic E-state index is -0.588. The van der Waals surface area contributed by atoms with Crippen LogP contribution in [0, 0.1) is 5.82 Å². The van der Waals surface area contributed by atoms with Gasteiger partial charge in [-0.15, -0.1) is 11.3 Å². The number of carbonyl (C=O) groups is 2. The molecule has 232 valence electrons. The molecular formula is C32H37FN6O4S. The molecule has 1 aliphatic heterocycles. The molecule has 10 nitrogen and oxygen atoms in total. The maximum absolute atomic E-state index is 14.9. The molecule has 1 aliphatic rings. The normalized spacial score (nSPS) is 14.0. The van der Waals surface area contributed by atoms with Gasteiger partial charge in [-0.25, -0.2) is 9.18 Å². The average molecular weight is 621 g/mol. The van der Waals surface area contributed by atoms with Crippen molar-refractivity contribution >= 4 is 39.2 Å². The number of carbonyl (C=O) groups excluding carboxylic acids is 2. The predicted molar refractivity (Wildman–Crippen MR) is 170 cm³/mol. The molecule has 0 atom stereocenters. The Morgan fingerprint density at radius 2 is 1.82 bits per heavy atom. The van der Waals surface area contributed by atoms with Gasteiger partial charge in [0.15, 0.2) is 11.6 Å². The van der Waals surface area contributed by atoms with Crippen LogP contribution >= 0.6 is 11.3 Å². The molecule has 1 aromatic carbocycles. The molecule has 2 N–H and O–H groups in total. The lowest BCUT2D eigenvalue weighted by atomic mass is 10.2. The molecule has 0 saturated carbocycles. The number of rotatable bonds is 12. The number of thiophene rings is 1. The number of hydrogen-bond donors (Lipinski definition) is 2. The second kappa shape index (κ2) is 15.0. The second-order valence-electron chi connectivity index (χ2n) is 10.5. The Morgan fingerprint density at radius 1 is 1.00 bits per heavy atom. The Morgan fingerprint density at radius 3 is 2.55 bits per heavy atom. The van der Waals surface area contributed by atoms with E-state index in [1.807, 2.05) is 32.2 Å². The quantitative estimate of drug-likeness (QED) is 0.189. The van der Waals surface area contributed by atoms with Crippen LogP contribution in [0.5, 0.6) is 11.5 Å². The van der Waals surface area contributed by atoms with Crippen molar-refractivity contribution in [1.29, 1.82) is 0 Å². The van der Waals surface area contributed by atoms with Gasteiger partial charge in [-0.05, 0) is 43.2 Å². The Hall–Kier alpha value is -4.13. The number of hydrogen-bond acceptors (Lipinski definition) is 9. The lowest BCUT2D eigenvalue weighted by Gasteiger charge is -2.34. The van der Waals surface area contributed by atoms with Crippen molar-refractivity contribution in [3.8, 4) is 22.1 Å². The second-order valence-corrected chi connectivity index (χ2v) is 11.5. The maximum Gasteiger partial charge on any atom is 0.319 e. The first-order valence-corrected chi connectivity index (χ1v) is 15.7. The number of anilines is 1. The average Bonchev–Trinajstić information content (AvgIpc) is 3.47. The van der Waals surface area contributed by atoms with Crippen molar-refractivity contribution in [1.82, 2.24) is 25.1 Å². The third-order valence-electron chi connectivity index (χ3n) is 7.21. The maximum atomic E-state index is 14.9. The van der Waals surface area contributed by atoms with E-state index >= 15 is 0 Å². The van der Waals surface area contributed by atoms with Crippen LogP contribution < -0.4 is 15.4 Å². The van der Waals surface area contributed by atoms with E-state index in [0.29, 0.717) is 31.0 Å². The van der Waals surface area contributed by atoms with Crippen LogP contribution in [0.25, 0.3) is 20.8 Å². The number of halogens is 1. The number of nitrogens with zero attached hydrogens (tertiary/aromatic N) is 4. The Kier molecular flexibility index (Phi) is 10.7. The lowest BCUT2D eigenvalue weighted by molar-refractivity contribution is -0.143. The number of fused-ring (bicyclic) bond motifs is 1. The molecule has 2 amide bonds. The first-order chi connectivity index (χ1) is 21.4. The van der Waals surface area contributed by atoms with Crippen LogP contribution in [0.4, 0.5) is 14.9 Å². The molecule has 0 unspecified atom stereocenters. The number of ether oxygens (including phenoxy) is 2. The monoisotopic (exact) mass is 620 g/mol. The van der Waals surface area contributed by atoms with E-state index in [0.717, 1.165) is 72.0 Å². The number of esters is 1. The Balaban J connectivity index is 1.19. The first-order valence-electron chi connectivity index (χ1n) is 14.9. The third kappa shape index (κ3) is 8.28. The zero-order valence-electron chi connectivity index (χ0n) is 25.0. The van der Waals surface area contributed by atoms with Gasteiger partial charge < -0.3 is 25.0 Å². The highest BCUT2D eigenvalue weighted by atomic mass is 32.1. The molecule has 4 heterocycles. The van der Waals surface area contributed by atoms with E-state index in [2.05, 4.69) is 31.5 Å². The first kappa shape index (κ1) is 31.3. The number of piperazine rings is 1. The highest BCUT2D eigenvalue weighted by molar-refractivity contribution is 7.22. The summed E-state index contributed by atoms with van der Waals surface area (Å²) in [6.45, 7) is 10.00. The van der Waals surface area contributed by atoms with E-state index in [9.17, 15) is 14.0 Å². The molecule has 3 aromatic heterocycles. The number of amides is 2. The van der Waals surface area contributed by atoms with E-state index in [1.54, 1.807) is 18.3 Å². The van der Waals surface area contributed by atoms with Crippen LogP contribution in [0.2, 0.25) is 0 Å². The summed E-state index contributed by atoms with van der Waals surface area (Å²) in [5.41, 5.74) is 3.03. The minimum Gasteiger partial charge on any atom is -0.466 e. The Bertz CT molecular complexity index is 1570. The largest absolute Gasteiger partial charge is 0.466 e. The van der Waals surface area contributed by atoms with Crippen molar-refractivity contribution in [2.24, 2.45) is 0 Å². The molecular weight excluding hydrogens is 583 g/mol. The van der Waals surface area contributed by atoms with Gasteiger partial charge in [-0.3, -0.25) is 19.7 Å². The van der Waals surface area contributed by atoms with E-state index in [1.165, 1.54) is 23.5 Å². The SMILES string of the molecule is CCCNC(=O)Nc1ccc(Oc2ccnc3cc(-c4ccc(CN5CCN(CCC(=O)OCC)CC5)cn4)sc23)c(F)c1. The van der Waals surface area contributed by atoms with Gasteiger partial charge in [-0.1, -0.05) is 13.0 Å². The van der Waals surface area contributed by atoms with Crippen molar-refractivity contribution in [2.75, 3.05) is 51.2 Å². The van der Waals surface area contributed by atoms with Gasteiger partial charge in [0.25, 0.3) is 0 Å². The highest BCUT2D eigenvalue weighted by Gasteiger charge is 2.19. The molecule has 1 fully saturated rings. The summed E-state index contributed by atoms with van der Waals surface area (Å²) < 4.78 is 26.7. The summed E-state index contributed by atoms with van der Waals surface area (Å²) >= 11 is 1.49. The molecule has 0 radical (unpaired) electrons. The van der Waals surface area contributed by atoms with Crippen LogP contribution in [-0.4, -0.2) is 77.6 Å². The van der Waals surface area contributed by atoms with Crippen molar-refractivity contribution in [3.63, 3.8) is 0 Å². The predicted octanol–water partition coefficient (Wildman–Crippen LogP) is 5.89. The van der Waals surface area contributed by atoms with Crippen molar-refractivity contribution < 1.29 is 23.5 Å². The zero-order valence-corrected chi connectivity index (χ0v) is 25.8. The standard InChI is InChI=1S/C32H37FN6O4S/c1-3-11-35-32(41)37-23-6-8-27(24(33)18-23)43-28-9-12-34-26-19-29(44-31(26)28)25-7-5-22(20-36-25)21-39-16-14-38(15-17-39)13-10-30(40)42-4-2/h5-9,12,18-20H,3-4,10-11,13-17,21H2,1-2H3,(H2,35,37,41). The van der Waals surface area contributed by atoms with Crippen LogP contribution in [-0.2, 0) is 16.1 Å². The molecule has 0 spiro atoms. The fourth-order valence-electron chi connectivity index (χ4n) is 4.89. The third-order valence-corrected chi connectivity index (χ3v) is 8.37. The Labute approximate surface area is 260 Å². The van der Waals surface area contributed by atoms with Gasteiger partial charge in [0, 0.05) is 76.0 Å². The number of urea groups is 1. The fourth-order valence-corrected chi connectivity index (χ4v) is 5.93. The van der Waals surface area contributed by atoms with Gasteiger partial charge >= 0.3 is 12.0 Å². The van der Waals surface area contributed by atoms with Gasteiger partial charge in [-0.2, -0.15) is 0 Å². The fraction of sp³-hybridized carbons (Fsp3) is 0.375. The molecule has 44 heavy (non-hydrogen) atoms. The summed E-state index contributed by atoms with van der Waals surface area (Å²) in [5, 5.41) is 5.31. The topological polar surface area (TPSA) is 109 Å². The molecule has 0 bridgehead atoms. The van der Waals surface area contributed by atoms with Gasteiger partial charge in [0.05, 0.1) is 33.8 Å². The summed E-state index contributed by atoms with van der Waals surface area (Å²) in [4.78, 5) is 38.4. The van der Waals surface area contributed by atoms with E-state index in [4.69, 9.17) is 14.5 Å². The molecule has 0 aliphatic carbocycles. The lowest BCUT2D eigenvalue weighted by Crippen LogP contribution is -2.46. The van der Waals surface area contributed by atoms with Crippen LogP contribution in [0.15, 0.2) is 54.9 Å². The van der Waals surface area contributed by atoms with Crippen LogP contribution in [0.3, 0.4) is 0 Å². The zero-order chi connectivity index (χ0) is 30.9. The molecule has 1 saturated heterocycles. The van der Waals surface area contributed by atoms with Gasteiger partial charge in [0.2, 0.25) is 0 Å². The highest BCUT2D eigenvalue weighted by Crippen LogP contribution is 2.39. The van der Waals surface area contributed by atoms with E-state index in [-0.39, 0.29) is 17.7 Å². The summed E-state index contributed by atoms with van der Waals surface area (Å²) in [6.07, 6.45) is 4.78. The summed E-state index contributed by atoms with van der Waals surface area (Å²) in [7, 11) is 0.